The zero-order valence-corrected chi connectivity index (χ0v) is 17.8. The average Bonchev–Trinajstić information content (AvgIpc) is 3.22. The zero-order valence-electron chi connectivity index (χ0n) is 17.8. The zero-order chi connectivity index (χ0) is 24.5. The van der Waals surface area contributed by atoms with Gasteiger partial charge in [0.05, 0.1) is 11.1 Å². The van der Waals surface area contributed by atoms with E-state index < -0.39 is 29.9 Å². The molecule has 4 rings (SSSR count). The van der Waals surface area contributed by atoms with Gasteiger partial charge in [0.15, 0.2) is 6.10 Å². The minimum Gasteiger partial charge on any atom is -0.439 e. The van der Waals surface area contributed by atoms with E-state index in [2.05, 4.69) is 10.3 Å². The number of benzene rings is 2. The fraction of sp³-hybridized carbons (Fsp3) is 0.167. The summed E-state index contributed by atoms with van der Waals surface area (Å²) in [7, 11) is 1.37. The topological polar surface area (TPSA) is 96.6 Å². The maximum atomic E-state index is 12.7. The molecule has 10 heteroatoms. The number of fused-ring (bicyclic) bond motifs is 1. The van der Waals surface area contributed by atoms with Gasteiger partial charge >= 0.3 is 6.18 Å². The SMILES string of the molecule is CNC(=O)[C@@H](O)[C@H](O)c1cn(-c2ccc(Oc3ccc(C(F)(F)F)cn3)cc2)c2ccccc12. The molecule has 0 spiro atoms. The van der Waals surface area contributed by atoms with Crippen LogP contribution in [0.5, 0.6) is 11.6 Å². The predicted molar refractivity (Wildman–Crippen MR) is 118 cm³/mol. The van der Waals surface area contributed by atoms with Gasteiger partial charge in [-0.05, 0) is 36.4 Å². The Labute approximate surface area is 192 Å². The van der Waals surface area contributed by atoms with Crippen LogP contribution in [0.3, 0.4) is 0 Å². The molecule has 0 saturated carbocycles. The number of nitrogens with zero attached hydrogens (tertiary/aromatic N) is 2. The number of hydrogen-bond acceptors (Lipinski definition) is 5. The molecule has 0 bridgehead atoms. The molecule has 0 aliphatic rings. The lowest BCUT2D eigenvalue weighted by Crippen LogP contribution is -2.36. The minimum atomic E-state index is -4.48. The van der Waals surface area contributed by atoms with E-state index in [-0.39, 0.29) is 5.88 Å². The summed E-state index contributed by atoms with van der Waals surface area (Å²) in [6, 6.07) is 15.9. The molecule has 2 aromatic heterocycles. The summed E-state index contributed by atoms with van der Waals surface area (Å²) >= 11 is 0. The number of aliphatic hydroxyl groups excluding tert-OH is 2. The number of carbonyl (C=O) groups is 1. The number of aromatic nitrogens is 2. The van der Waals surface area contributed by atoms with Crippen molar-refractivity contribution in [2.24, 2.45) is 0 Å². The van der Waals surface area contributed by atoms with E-state index in [0.717, 1.165) is 17.6 Å². The van der Waals surface area contributed by atoms with Crippen molar-refractivity contribution in [2.45, 2.75) is 18.4 Å². The first-order valence-corrected chi connectivity index (χ1v) is 10.2. The third-order valence-corrected chi connectivity index (χ3v) is 5.28. The van der Waals surface area contributed by atoms with E-state index in [9.17, 15) is 28.2 Å². The molecule has 0 saturated heterocycles. The third kappa shape index (κ3) is 4.59. The first-order valence-electron chi connectivity index (χ1n) is 10.2. The molecule has 3 N–H and O–H groups in total. The molecule has 34 heavy (non-hydrogen) atoms. The summed E-state index contributed by atoms with van der Waals surface area (Å²) in [6.45, 7) is 0. The number of rotatable bonds is 6. The molecule has 0 aliphatic carbocycles. The average molecular weight is 471 g/mol. The number of amides is 1. The monoisotopic (exact) mass is 471 g/mol. The highest BCUT2D eigenvalue weighted by Crippen LogP contribution is 2.32. The summed E-state index contributed by atoms with van der Waals surface area (Å²) in [5, 5.41) is 23.7. The van der Waals surface area contributed by atoms with Crippen LogP contribution < -0.4 is 10.1 Å². The Morgan fingerprint density at radius 2 is 1.76 bits per heavy atom. The summed E-state index contributed by atoms with van der Waals surface area (Å²) in [6.07, 6.45) is -5.23. The van der Waals surface area contributed by atoms with Gasteiger partial charge in [-0.25, -0.2) is 4.98 Å². The minimum absolute atomic E-state index is 0.0146. The number of aliphatic hydroxyl groups is 2. The van der Waals surface area contributed by atoms with Crippen LogP contribution in [0.1, 0.15) is 17.2 Å². The number of hydrogen-bond donors (Lipinski definition) is 3. The Morgan fingerprint density at radius 3 is 2.38 bits per heavy atom. The molecule has 0 fully saturated rings. The van der Waals surface area contributed by atoms with Gasteiger partial charge in [0.1, 0.15) is 11.9 Å². The smallest absolute Gasteiger partial charge is 0.417 e. The molecular weight excluding hydrogens is 451 g/mol. The van der Waals surface area contributed by atoms with Gasteiger partial charge in [0, 0.05) is 42.1 Å². The lowest BCUT2D eigenvalue weighted by Gasteiger charge is -2.15. The van der Waals surface area contributed by atoms with Crippen molar-refractivity contribution in [1.82, 2.24) is 14.9 Å². The number of likely N-dealkylation sites (N-methyl/N-ethyl adjacent to an activating group) is 1. The highest BCUT2D eigenvalue weighted by atomic mass is 19.4. The van der Waals surface area contributed by atoms with Crippen molar-refractivity contribution in [3.63, 3.8) is 0 Å². The summed E-state index contributed by atoms with van der Waals surface area (Å²) < 4.78 is 45.4. The maximum absolute atomic E-state index is 12.7. The molecule has 7 nitrogen and oxygen atoms in total. The molecular formula is C24H20F3N3O4. The van der Waals surface area contributed by atoms with Crippen molar-refractivity contribution in [2.75, 3.05) is 7.05 Å². The summed E-state index contributed by atoms with van der Waals surface area (Å²) in [5.41, 5.74) is 0.936. The van der Waals surface area contributed by atoms with Crippen LogP contribution in [0, 0.1) is 0 Å². The molecule has 0 aliphatic heterocycles. The Bertz CT molecular complexity index is 1300. The molecule has 1 amide bonds. The van der Waals surface area contributed by atoms with Gasteiger partial charge in [0.2, 0.25) is 5.88 Å². The van der Waals surface area contributed by atoms with Crippen molar-refractivity contribution < 1.29 is 32.9 Å². The summed E-state index contributed by atoms with van der Waals surface area (Å²) in [5.74, 6) is -0.328. The highest BCUT2D eigenvalue weighted by molar-refractivity contribution is 5.88. The Hall–Kier alpha value is -3.89. The van der Waals surface area contributed by atoms with Crippen LogP contribution in [0.2, 0.25) is 0 Å². The standard InChI is InChI=1S/C24H20F3N3O4/c1-28-23(33)22(32)21(31)18-13-30(19-5-3-2-4-17(18)19)15-7-9-16(10-8-15)34-20-11-6-14(12-29-20)24(25,26)27/h2-13,21-22,31-32H,1H3,(H,28,33)/t21-,22+/m1/s1. The molecule has 2 aromatic carbocycles. The Kier molecular flexibility index (Phi) is 6.27. The van der Waals surface area contributed by atoms with Gasteiger partial charge in [-0.3, -0.25) is 4.79 Å². The van der Waals surface area contributed by atoms with Gasteiger partial charge in [-0.1, -0.05) is 18.2 Å². The van der Waals surface area contributed by atoms with Crippen molar-refractivity contribution >= 4 is 16.8 Å². The number of nitrogens with one attached hydrogen (secondary N) is 1. The van der Waals surface area contributed by atoms with E-state index in [0.29, 0.717) is 28.6 Å². The highest BCUT2D eigenvalue weighted by Gasteiger charge is 2.31. The van der Waals surface area contributed by atoms with Gasteiger partial charge in [0.25, 0.3) is 5.91 Å². The lowest BCUT2D eigenvalue weighted by atomic mass is 10.0. The second-order valence-electron chi connectivity index (χ2n) is 7.45. The van der Waals surface area contributed by atoms with Gasteiger partial charge in [-0.2, -0.15) is 13.2 Å². The fourth-order valence-corrected chi connectivity index (χ4v) is 3.52. The number of pyridine rings is 1. The Morgan fingerprint density at radius 1 is 1.06 bits per heavy atom. The summed E-state index contributed by atoms with van der Waals surface area (Å²) in [4.78, 5) is 15.5. The van der Waals surface area contributed by atoms with E-state index in [1.54, 1.807) is 47.2 Å². The molecule has 4 aromatic rings. The number of carbonyl (C=O) groups excluding carboxylic acids is 1. The van der Waals surface area contributed by atoms with Crippen LogP contribution in [-0.2, 0) is 11.0 Å². The molecule has 0 unspecified atom stereocenters. The second kappa shape index (κ2) is 9.16. The first-order chi connectivity index (χ1) is 16.2. The quantitative estimate of drug-likeness (QED) is 0.395. The third-order valence-electron chi connectivity index (χ3n) is 5.28. The van der Waals surface area contributed by atoms with Crippen LogP contribution >= 0.6 is 0 Å². The van der Waals surface area contributed by atoms with Crippen LogP contribution in [0.4, 0.5) is 13.2 Å². The largest absolute Gasteiger partial charge is 0.439 e. The molecule has 0 radical (unpaired) electrons. The predicted octanol–water partition coefficient (Wildman–Crippen LogP) is 3.98. The number of halogens is 3. The van der Waals surface area contributed by atoms with E-state index in [1.807, 2.05) is 12.1 Å². The molecule has 2 heterocycles. The van der Waals surface area contributed by atoms with Crippen LogP contribution in [0.25, 0.3) is 16.6 Å². The van der Waals surface area contributed by atoms with Crippen LogP contribution in [0.15, 0.2) is 73.1 Å². The van der Waals surface area contributed by atoms with E-state index in [4.69, 9.17) is 4.74 Å². The number of para-hydroxylation sites is 1. The molecule has 176 valence electrons. The van der Waals surface area contributed by atoms with E-state index >= 15 is 0 Å². The van der Waals surface area contributed by atoms with Gasteiger partial charge < -0.3 is 24.8 Å². The van der Waals surface area contributed by atoms with E-state index in [1.165, 1.54) is 7.05 Å². The van der Waals surface area contributed by atoms with Crippen molar-refractivity contribution in [3.8, 4) is 17.3 Å². The lowest BCUT2D eigenvalue weighted by molar-refractivity contribution is -0.138. The van der Waals surface area contributed by atoms with Crippen molar-refractivity contribution in [1.29, 1.82) is 0 Å². The number of alkyl halides is 3. The second-order valence-corrected chi connectivity index (χ2v) is 7.45. The van der Waals surface area contributed by atoms with Gasteiger partial charge in [-0.15, -0.1) is 0 Å². The normalized spacial score (nSPS) is 13.5. The first kappa shape index (κ1) is 23.3. The van der Waals surface area contributed by atoms with Crippen LogP contribution in [-0.4, -0.2) is 38.8 Å². The maximum Gasteiger partial charge on any atom is 0.417 e. The molecule has 2 atom stereocenters. The van der Waals surface area contributed by atoms with Crippen molar-refractivity contribution in [3.05, 3.63) is 84.2 Å². The Balaban J connectivity index is 1.61. The fourth-order valence-electron chi connectivity index (χ4n) is 3.52. The number of ether oxygens (including phenoxy) is 1.